The summed E-state index contributed by atoms with van der Waals surface area (Å²) in [6, 6.07) is 13.3. The molecule has 0 radical (unpaired) electrons. The fourth-order valence-corrected chi connectivity index (χ4v) is 2.67. The highest BCUT2D eigenvalue weighted by Crippen LogP contribution is 2.28. The number of hydrogen-bond donors (Lipinski definition) is 1. The van der Waals surface area contributed by atoms with E-state index in [1.807, 2.05) is 56.3 Å². The van der Waals surface area contributed by atoms with Crippen molar-refractivity contribution < 1.29 is 14.3 Å². The molecule has 0 saturated carbocycles. The molecule has 0 unspecified atom stereocenters. The van der Waals surface area contributed by atoms with Crippen molar-refractivity contribution >= 4 is 17.5 Å². The van der Waals surface area contributed by atoms with Gasteiger partial charge in [0.05, 0.1) is 13.2 Å². The highest BCUT2D eigenvalue weighted by atomic mass is 35.5. The molecule has 4 nitrogen and oxygen atoms in total. The molecule has 1 N–H and O–H groups in total. The summed E-state index contributed by atoms with van der Waals surface area (Å²) >= 11 is 6.11. The Morgan fingerprint density at radius 3 is 2.48 bits per heavy atom. The summed E-state index contributed by atoms with van der Waals surface area (Å²) < 4.78 is 11.1. The van der Waals surface area contributed by atoms with Gasteiger partial charge < -0.3 is 14.8 Å². The van der Waals surface area contributed by atoms with Gasteiger partial charge in [0.25, 0.3) is 0 Å². The predicted octanol–water partition coefficient (Wildman–Crippen LogP) is 4.39. The maximum atomic E-state index is 12.1. The maximum Gasteiger partial charge on any atom is 0.220 e. The molecule has 0 saturated heterocycles. The van der Waals surface area contributed by atoms with Crippen molar-refractivity contribution in [3.05, 3.63) is 58.6 Å². The monoisotopic (exact) mass is 361 g/mol. The van der Waals surface area contributed by atoms with E-state index in [9.17, 15) is 4.79 Å². The molecular formula is C20H24ClNO3. The molecule has 0 fully saturated rings. The minimum absolute atomic E-state index is 0.00763. The number of benzene rings is 2. The van der Waals surface area contributed by atoms with E-state index in [2.05, 4.69) is 5.32 Å². The summed E-state index contributed by atoms with van der Waals surface area (Å²) in [4.78, 5) is 12.1. The molecular weight excluding hydrogens is 338 g/mol. The molecule has 0 heterocycles. The highest BCUT2D eigenvalue weighted by Gasteiger charge is 2.08. The molecule has 0 aliphatic carbocycles. The first-order valence-corrected chi connectivity index (χ1v) is 8.90. The van der Waals surface area contributed by atoms with Crippen molar-refractivity contribution in [1.29, 1.82) is 0 Å². The second-order valence-corrected chi connectivity index (χ2v) is 5.92. The predicted molar refractivity (Wildman–Crippen MR) is 100 cm³/mol. The quantitative estimate of drug-likeness (QED) is 0.720. The summed E-state index contributed by atoms with van der Waals surface area (Å²) in [5.74, 6) is 1.41. The van der Waals surface area contributed by atoms with Crippen LogP contribution in [0.5, 0.6) is 11.5 Å². The fraction of sp³-hybridized carbons (Fsp3) is 0.350. The van der Waals surface area contributed by atoms with Gasteiger partial charge in [-0.3, -0.25) is 4.79 Å². The third kappa shape index (κ3) is 5.98. The van der Waals surface area contributed by atoms with Crippen LogP contribution in [0.25, 0.3) is 0 Å². The number of aryl methyl sites for hydroxylation is 1. The van der Waals surface area contributed by atoms with Crippen LogP contribution in [0.1, 0.15) is 31.4 Å². The Morgan fingerprint density at radius 2 is 1.76 bits per heavy atom. The first-order valence-electron chi connectivity index (χ1n) is 8.52. The average Bonchev–Trinajstić information content (AvgIpc) is 2.61. The van der Waals surface area contributed by atoms with E-state index in [1.165, 1.54) is 0 Å². The molecule has 0 bridgehead atoms. The molecule has 0 aromatic heterocycles. The van der Waals surface area contributed by atoms with E-state index >= 15 is 0 Å². The zero-order valence-electron chi connectivity index (χ0n) is 14.7. The minimum Gasteiger partial charge on any atom is -0.490 e. The van der Waals surface area contributed by atoms with E-state index in [1.54, 1.807) is 0 Å². The van der Waals surface area contributed by atoms with Crippen LogP contribution in [0.3, 0.4) is 0 Å². The summed E-state index contributed by atoms with van der Waals surface area (Å²) in [5.41, 5.74) is 1.96. The van der Waals surface area contributed by atoms with E-state index in [0.29, 0.717) is 43.4 Å². The molecule has 0 aliphatic heterocycles. The van der Waals surface area contributed by atoms with Crippen LogP contribution >= 0.6 is 11.6 Å². The number of hydrogen-bond acceptors (Lipinski definition) is 3. The Morgan fingerprint density at radius 1 is 1.04 bits per heavy atom. The van der Waals surface area contributed by atoms with Gasteiger partial charge in [-0.25, -0.2) is 0 Å². The maximum absolute atomic E-state index is 12.1. The number of ether oxygens (including phenoxy) is 2. The van der Waals surface area contributed by atoms with Gasteiger partial charge in [-0.1, -0.05) is 35.9 Å². The van der Waals surface area contributed by atoms with Crippen LogP contribution in [0.2, 0.25) is 5.02 Å². The lowest BCUT2D eigenvalue weighted by atomic mass is 10.1. The smallest absolute Gasteiger partial charge is 0.220 e. The number of nitrogens with one attached hydrogen (secondary N) is 1. The SMILES string of the molecule is CCOc1ccc(CNC(=O)CCc2ccccc2Cl)cc1OCC. The largest absolute Gasteiger partial charge is 0.490 e. The van der Waals surface area contributed by atoms with Crippen molar-refractivity contribution in [3.8, 4) is 11.5 Å². The topological polar surface area (TPSA) is 47.6 Å². The Bertz CT molecular complexity index is 703. The molecule has 5 heteroatoms. The number of amides is 1. The molecule has 0 aliphatic rings. The summed E-state index contributed by atoms with van der Waals surface area (Å²) in [7, 11) is 0. The Labute approximate surface area is 154 Å². The van der Waals surface area contributed by atoms with Crippen molar-refractivity contribution in [3.63, 3.8) is 0 Å². The number of halogens is 1. The third-order valence-corrected chi connectivity index (χ3v) is 4.05. The van der Waals surface area contributed by atoms with Gasteiger partial charge in [0.15, 0.2) is 11.5 Å². The molecule has 134 valence electrons. The van der Waals surface area contributed by atoms with E-state index in [4.69, 9.17) is 21.1 Å². The van der Waals surface area contributed by atoms with Crippen LogP contribution in [0.15, 0.2) is 42.5 Å². The van der Waals surface area contributed by atoms with Crippen LogP contribution in [-0.2, 0) is 17.8 Å². The molecule has 2 aromatic carbocycles. The lowest BCUT2D eigenvalue weighted by Gasteiger charge is -2.13. The lowest BCUT2D eigenvalue weighted by Crippen LogP contribution is -2.23. The van der Waals surface area contributed by atoms with Crippen LogP contribution in [0, 0.1) is 0 Å². The van der Waals surface area contributed by atoms with Gasteiger partial charge in [0.1, 0.15) is 0 Å². The lowest BCUT2D eigenvalue weighted by molar-refractivity contribution is -0.121. The highest BCUT2D eigenvalue weighted by molar-refractivity contribution is 6.31. The minimum atomic E-state index is -0.00763. The van der Waals surface area contributed by atoms with Gasteiger partial charge in [0, 0.05) is 18.0 Å². The molecule has 0 spiro atoms. The van der Waals surface area contributed by atoms with Crippen molar-refractivity contribution in [1.82, 2.24) is 5.32 Å². The van der Waals surface area contributed by atoms with E-state index < -0.39 is 0 Å². The average molecular weight is 362 g/mol. The van der Waals surface area contributed by atoms with Crippen molar-refractivity contribution in [2.45, 2.75) is 33.2 Å². The van der Waals surface area contributed by atoms with Gasteiger partial charge >= 0.3 is 0 Å². The molecule has 2 rings (SSSR count). The molecule has 1 amide bonds. The Hall–Kier alpha value is -2.20. The third-order valence-electron chi connectivity index (χ3n) is 3.68. The molecule has 0 atom stereocenters. The van der Waals surface area contributed by atoms with Gasteiger partial charge in [-0.15, -0.1) is 0 Å². The number of carbonyl (C=O) groups is 1. The molecule has 2 aromatic rings. The van der Waals surface area contributed by atoms with Gasteiger partial charge in [-0.05, 0) is 49.6 Å². The molecule has 25 heavy (non-hydrogen) atoms. The van der Waals surface area contributed by atoms with Crippen molar-refractivity contribution in [2.75, 3.05) is 13.2 Å². The standard InChI is InChI=1S/C20H24ClNO3/c1-3-24-18-11-9-15(13-19(18)25-4-2)14-22-20(23)12-10-16-7-5-6-8-17(16)21/h5-9,11,13H,3-4,10,12,14H2,1-2H3,(H,22,23). The first kappa shape index (κ1) is 19.1. The van der Waals surface area contributed by atoms with Crippen molar-refractivity contribution in [2.24, 2.45) is 0 Å². The first-order chi connectivity index (χ1) is 12.1. The Kier molecular flexibility index (Phi) is 7.61. The summed E-state index contributed by atoms with van der Waals surface area (Å²) in [5, 5.41) is 3.63. The zero-order chi connectivity index (χ0) is 18.1. The van der Waals surface area contributed by atoms with Gasteiger partial charge in [0.2, 0.25) is 5.91 Å². The summed E-state index contributed by atoms with van der Waals surface area (Å²) in [6.07, 6.45) is 1.03. The van der Waals surface area contributed by atoms with Crippen LogP contribution in [0.4, 0.5) is 0 Å². The normalized spacial score (nSPS) is 10.4. The van der Waals surface area contributed by atoms with Crippen LogP contribution in [-0.4, -0.2) is 19.1 Å². The van der Waals surface area contributed by atoms with E-state index in [-0.39, 0.29) is 5.91 Å². The van der Waals surface area contributed by atoms with Gasteiger partial charge in [-0.2, -0.15) is 0 Å². The second-order valence-electron chi connectivity index (χ2n) is 5.52. The van der Waals surface area contributed by atoms with E-state index in [0.717, 1.165) is 16.9 Å². The summed E-state index contributed by atoms with van der Waals surface area (Å²) in [6.45, 7) is 5.46. The number of rotatable bonds is 9. The Balaban J connectivity index is 1.88. The second kappa shape index (κ2) is 9.94. The number of carbonyl (C=O) groups excluding carboxylic acids is 1. The van der Waals surface area contributed by atoms with Crippen LogP contribution < -0.4 is 14.8 Å². The zero-order valence-corrected chi connectivity index (χ0v) is 15.4. The fourth-order valence-electron chi connectivity index (χ4n) is 2.44.